The second-order valence-corrected chi connectivity index (χ2v) is 9.71. The number of aromatic nitrogens is 3. The average molecular weight is 470 g/mol. The van der Waals surface area contributed by atoms with Gasteiger partial charge in [-0.15, -0.1) is 11.3 Å². The van der Waals surface area contributed by atoms with Gasteiger partial charge >= 0.3 is 0 Å². The highest BCUT2D eigenvalue weighted by molar-refractivity contribution is 7.15. The van der Waals surface area contributed by atoms with Crippen LogP contribution in [0.2, 0.25) is 0 Å². The zero-order valence-electron chi connectivity index (χ0n) is 19.4. The van der Waals surface area contributed by atoms with Crippen molar-refractivity contribution in [3.63, 3.8) is 0 Å². The molecule has 34 heavy (non-hydrogen) atoms. The SMILES string of the molecule is Cc1nc(C(=O)N2CCN(c3ccnc(-c4ccccc4)n3)CCC2C)c(-c2ccccc2)s1. The molecule has 1 saturated heterocycles. The van der Waals surface area contributed by atoms with Crippen LogP contribution in [0.15, 0.2) is 72.9 Å². The number of aryl methyl sites for hydroxylation is 1. The van der Waals surface area contributed by atoms with Crippen LogP contribution in [0.1, 0.15) is 28.8 Å². The third-order valence-corrected chi connectivity index (χ3v) is 7.21. The minimum atomic E-state index is 0.00483. The number of hydrogen-bond acceptors (Lipinski definition) is 6. The van der Waals surface area contributed by atoms with Crippen LogP contribution in [0.5, 0.6) is 0 Å². The summed E-state index contributed by atoms with van der Waals surface area (Å²) in [5.74, 6) is 1.61. The fourth-order valence-electron chi connectivity index (χ4n) is 4.33. The van der Waals surface area contributed by atoms with Gasteiger partial charge in [0.05, 0.1) is 9.88 Å². The van der Waals surface area contributed by atoms with Crippen LogP contribution >= 0.6 is 11.3 Å². The lowest BCUT2D eigenvalue weighted by atomic mass is 10.1. The number of thiazole rings is 1. The van der Waals surface area contributed by atoms with Gasteiger partial charge in [-0.25, -0.2) is 15.0 Å². The Bertz CT molecular complexity index is 1270. The smallest absolute Gasteiger partial charge is 0.274 e. The molecule has 1 fully saturated rings. The third-order valence-electron chi connectivity index (χ3n) is 6.19. The molecule has 0 radical (unpaired) electrons. The first-order valence-electron chi connectivity index (χ1n) is 11.6. The van der Waals surface area contributed by atoms with Gasteiger partial charge in [0.25, 0.3) is 5.91 Å². The summed E-state index contributed by atoms with van der Waals surface area (Å²) in [5.41, 5.74) is 2.59. The van der Waals surface area contributed by atoms with Gasteiger partial charge in [-0.1, -0.05) is 60.7 Å². The van der Waals surface area contributed by atoms with E-state index in [9.17, 15) is 4.79 Å². The molecule has 2 aromatic carbocycles. The first-order chi connectivity index (χ1) is 16.6. The van der Waals surface area contributed by atoms with Crippen LogP contribution in [-0.4, -0.2) is 51.4 Å². The summed E-state index contributed by atoms with van der Waals surface area (Å²) in [4.78, 5) is 32.8. The van der Waals surface area contributed by atoms with Gasteiger partial charge in [0.1, 0.15) is 11.5 Å². The van der Waals surface area contributed by atoms with Crippen molar-refractivity contribution in [1.82, 2.24) is 19.9 Å². The van der Waals surface area contributed by atoms with Crippen LogP contribution < -0.4 is 4.90 Å². The molecular weight excluding hydrogens is 442 g/mol. The summed E-state index contributed by atoms with van der Waals surface area (Å²) < 4.78 is 0. The zero-order chi connectivity index (χ0) is 23.5. The average Bonchev–Trinajstić information content (AvgIpc) is 3.17. The highest BCUT2D eigenvalue weighted by Crippen LogP contribution is 2.32. The first-order valence-corrected chi connectivity index (χ1v) is 12.4. The zero-order valence-corrected chi connectivity index (χ0v) is 20.2. The number of amides is 1. The summed E-state index contributed by atoms with van der Waals surface area (Å²) >= 11 is 1.58. The highest BCUT2D eigenvalue weighted by Gasteiger charge is 2.30. The fourth-order valence-corrected chi connectivity index (χ4v) is 5.25. The predicted molar refractivity (Wildman–Crippen MR) is 137 cm³/mol. The summed E-state index contributed by atoms with van der Waals surface area (Å²) in [6.45, 7) is 6.25. The molecule has 2 aromatic heterocycles. The number of carbonyl (C=O) groups is 1. The summed E-state index contributed by atoms with van der Waals surface area (Å²) in [7, 11) is 0. The van der Waals surface area contributed by atoms with E-state index in [0.717, 1.165) is 39.8 Å². The lowest BCUT2D eigenvalue weighted by Crippen LogP contribution is -2.40. The molecule has 1 aliphatic rings. The van der Waals surface area contributed by atoms with Gasteiger partial charge in [0.15, 0.2) is 5.82 Å². The highest BCUT2D eigenvalue weighted by atomic mass is 32.1. The topological polar surface area (TPSA) is 62.2 Å². The molecule has 0 saturated carbocycles. The molecule has 1 atom stereocenters. The van der Waals surface area contributed by atoms with E-state index in [1.54, 1.807) is 11.3 Å². The quantitative estimate of drug-likeness (QED) is 0.405. The van der Waals surface area contributed by atoms with E-state index >= 15 is 0 Å². The van der Waals surface area contributed by atoms with Crippen LogP contribution in [-0.2, 0) is 0 Å². The molecule has 0 aliphatic carbocycles. The minimum Gasteiger partial charge on any atom is -0.355 e. The van der Waals surface area contributed by atoms with Crippen molar-refractivity contribution >= 4 is 23.1 Å². The fraction of sp³-hybridized carbons (Fsp3) is 0.259. The molecule has 3 heterocycles. The maximum absolute atomic E-state index is 13.7. The van der Waals surface area contributed by atoms with Crippen LogP contribution in [0.3, 0.4) is 0 Å². The summed E-state index contributed by atoms with van der Waals surface area (Å²) in [6, 6.07) is 22.1. The summed E-state index contributed by atoms with van der Waals surface area (Å²) in [5, 5.41) is 0.903. The van der Waals surface area contributed by atoms with Crippen molar-refractivity contribution in [2.45, 2.75) is 26.3 Å². The van der Waals surface area contributed by atoms with E-state index in [1.165, 1.54) is 0 Å². The standard InChI is InChI=1S/C27H27N5OS/c1-19-14-16-31(23-13-15-28-26(30-23)22-11-7-4-8-12-22)17-18-32(19)27(33)24-25(34-20(2)29-24)21-9-5-3-6-10-21/h3-13,15,19H,14,16-18H2,1-2H3. The largest absolute Gasteiger partial charge is 0.355 e. The van der Waals surface area contributed by atoms with Crippen LogP contribution in [0.25, 0.3) is 21.8 Å². The molecule has 0 N–H and O–H groups in total. The monoisotopic (exact) mass is 469 g/mol. The number of anilines is 1. The van der Waals surface area contributed by atoms with E-state index in [-0.39, 0.29) is 11.9 Å². The Morgan fingerprint density at radius 2 is 1.62 bits per heavy atom. The third kappa shape index (κ3) is 4.56. The van der Waals surface area contributed by atoms with Gasteiger partial charge in [-0.05, 0) is 31.9 Å². The molecule has 5 rings (SSSR count). The molecular formula is C27H27N5OS. The predicted octanol–water partition coefficient (Wildman–Crippen LogP) is 5.32. The van der Waals surface area contributed by atoms with Gasteiger partial charge in [-0.2, -0.15) is 0 Å². The second kappa shape index (κ2) is 9.73. The molecule has 7 heteroatoms. The Hall–Kier alpha value is -3.58. The molecule has 1 unspecified atom stereocenters. The van der Waals surface area contributed by atoms with E-state index in [2.05, 4.69) is 21.8 Å². The Labute approximate surface area is 203 Å². The van der Waals surface area contributed by atoms with Crippen LogP contribution in [0, 0.1) is 6.92 Å². The number of rotatable bonds is 4. The molecule has 172 valence electrons. The van der Waals surface area contributed by atoms with Crippen molar-refractivity contribution < 1.29 is 4.79 Å². The first kappa shape index (κ1) is 22.2. The molecule has 6 nitrogen and oxygen atoms in total. The molecule has 1 aliphatic heterocycles. The van der Waals surface area contributed by atoms with Crippen molar-refractivity contribution in [2.75, 3.05) is 24.5 Å². The van der Waals surface area contributed by atoms with Gasteiger partial charge in [0.2, 0.25) is 0 Å². The van der Waals surface area contributed by atoms with Gasteiger partial charge in [-0.3, -0.25) is 4.79 Å². The van der Waals surface area contributed by atoms with Crippen molar-refractivity contribution in [2.24, 2.45) is 0 Å². The maximum atomic E-state index is 13.7. The van der Waals surface area contributed by atoms with Crippen molar-refractivity contribution in [3.05, 3.63) is 83.6 Å². The Balaban J connectivity index is 1.37. The number of nitrogens with zero attached hydrogens (tertiary/aromatic N) is 5. The molecule has 0 bridgehead atoms. The Morgan fingerprint density at radius 3 is 2.35 bits per heavy atom. The number of hydrogen-bond donors (Lipinski definition) is 0. The molecule has 0 spiro atoms. The van der Waals surface area contributed by atoms with E-state index < -0.39 is 0 Å². The second-order valence-electron chi connectivity index (χ2n) is 8.50. The Morgan fingerprint density at radius 1 is 0.912 bits per heavy atom. The number of carbonyl (C=O) groups excluding carboxylic acids is 1. The normalized spacial score (nSPS) is 16.4. The van der Waals surface area contributed by atoms with Crippen LogP contribution in [0.4, 0.5) is 5.82 Å². The van der Waals surface area contributed by atoms with Gasteiger partial charge in [0, 0.05) is 37.4 Å². The lowest BCUT2D eigenvalue weighted by molar-refractivity contribution is 0.0700. The van der Waals surface area contributed by atoms with E-state index in [4.69, 9.17) is 4.98 Å². The molecule has 4 aromatic rings. The van der Waals surface area contributed by atoms with Crippen molar-refractivity contribution in [1.29, 1.82) is 0 Å². The Kier molecular flexibility index (Phi) is 6.36. The van der Waals surface area contributed by atoms with E-state index in [1.807, 2.05) is 84.8 Å². The maximum Gasteiger partial charge on any atom is 0.274 e. The van der Waals surface area contributed by atoms with Crippen molar-refractivity contribution in [3.8, 4) is 21.8 Å². The summed E-state index contributed by atoms with van der Waals surface area (Å²) in [6.07, 6.45) is 2.67. The number of benzene rings is 2. The lowest BCUT2D eigenvalue weighted by Gasteiger charge is -2.26. The molecule has 1 amide bonds. The van der Waals surface area contributed by atoms with Gasteiger partial charge < -0.3 is 9.80 Å². The minimum absolute atomic E-state index is 0.00483. The van der Waals surface area contributed by atoms with E-state index in [0.29, 0.717) is 24.6 Å².